The summed E-state index contributed by atoms with van der Waals surface area (Å²) >= 11 is 6.14. The van der Waals surface area contributed by atoms with E-state index in [1.807, 2.05) is 6.07 Å². The van der Waals surface area contributed by atoms with E-state index < -0.39 is 0 Å². The van der Waals surface area contributed by atoms with Gasteiger partial charge in [-0.15, -0.1) is 0 Å². The molecule has 3 saturated carbocycles. The van der Waals surface area contributed by atoms with E-state index in [2.05, 4.69) is 26.6 Å². The standard InChI is InChI=1S/C18H22ClN4O/c19-15-7-13(21-9-22-15)17-16(11-3-4-11)20-8-14(10-1-2-10)23(17)18(24)12-5-6-12/h3,7,9-12,14,16-17,20H,1-2,4-6,8H2. The van der Waals surface area contributed by atoms with Gasteiger partial charge in [0, 0.05) is 24.5 Å². The lowest BCUT2D eigenvalue weighted by atomic mass is 9.90. The predicted molar refractivity (Wildman–Crippen MR) is 90.1 cm³/mol. The highest BCUT2D eigenvalue weighted by molar-refractivity contribution is 6.29. The van der Waals surface area contributed by atoms with Crippen LogP contribution >= 0.6 is 11.6 Å². The summed E-state index contributed by atoms with van der Waals surface area (Å²) in [4.78, 5) is 23.9. The lowest BCUT2D eigenvalue weighted by molar-refractivity contribution is -0.142. The van der Waals surface area contributed by atoms with Crippen molar-refractivity contribution in [1.82, 2.24) is 20.2 Å². The third-order valence-electron chi connectivity index (χ3n) is 5.83. The van der Waals surface area contributed by atoms with Gasteiger partial charge < -0.3 is 10.2 Å². The Morgan fingerprint density at radius 3 is 2.67 bits per heavy atom. The van der Waals surface area contributed by atoms with Gasteiger partial charge in [0.25, 0.3) is 0 Å². The third-order valence-corrected chi connectivity index (χ3v) is 6.04. The molecule has 5 nitrogen and oxygen atoms in total. The van der Waals surface area contributed by atoms with Crippen molar-refractivity contribution in [1.29, 1.82) is 0 Å². The molecule has 3 aliphatic carbocycles. The van der Waals surface area contributed by atoms with Gasteiger partial charge in [-0.2, -0.15) is 0 Å². The number of aromatic nitrogens is 2. The Bertz CT molecular complexity index is 656. The molecule has 1 radical (unpaired) electrons. The van der Waals surface area contributed by atoms with Gasteiger partial charge in [0.05, 0.1) is 11.7 Å². The van der Waals surface area contributed by atoms with Gasteiger partial charge in [0.1, 0.15) is 11.5 Å². The van der Waals surface area contributed by atoms with Gasteiger partial charge in [0.15, 0.2) is 0 Å². The number of carbonyl (C=O) groups is 1. The van der Waals surface area contributed by atoms with Crippen molar-refractivity contribution in [2.75, 3.05) is 6.54 Å². The van der Waals surface area contributed by atoms with Crippen molar-refractivity contribution < 1.29 is 4.79 Å². The molecule has 4 fully saturated rings. The molecule has 2 heterocycles. The van der Waals surface area contributed by atoms with Crippen LogP contribution in [0.3, 0.4) is 0 Å². The molecule has 0 spiro atoms. The summed E-state index contributed by atoms with van der Waals surface area (Å²) in [5, 5.41) is 4.19. The van der Waals surface area contributed by atoms with Gasteiger partial charge in [-0.1, -0.05) is 11.6 Å². The van der Waals surface area contributed by atoms with E-state index in [1.165, 1.54) is 19.2 Å². The van der Waals surface area contributed by atoms with E-state index in [4.69, 9.17) is 11.6 Å². The molecule has 4 atom stereocenters. The summed E-state index contributed by atoms with van der Waals surface area (Å²) in [6.45, 7) is 0.910. The van der Waals surface area contributed by atoms with E-state index in [0.29, 0.717) is 28.9 Å². The molecule has 1 amide bonds. The molecular formula is C18H22ClN4O. The van der Waals surface area contributed by atoms with Crippen LogP contribution in [0.2, 0.25) is 5.15 Å². The van der Waals surface area contributed by atoms with Crippen LogP contribution in [0.15, 0.2) is 12.4 Å². The lowest BCUT2D eigenvalue weighted by Crippen LogP contribution is -2.61. The molecule has 1 aromatic heterocycles. The summed E-state index contributed by atoms with van der Waals surface area (Å²) in [6.07, 6.45) is 9.51. The number of nitrogens with zero attached hydrogens (tertiary/aromatic N) is 3. The Morgan fingerprint density at radius 2 is 2.04 bits per heavy atom. The molecule has 0 aromatic carbocycles. The van der Waals surface area contributed by atoms with E-state index in [0.717, 1.165) is 31.5 Å². The van der Waals surface area contributed by atoms with Crippen LogP contribution in [-0.2, 0) is 4.79 Å². The summed E-state index contributed by atoms with van der Waals surface area (Å²) in [6, 6.07) is 2.35. The zero-order chi connectivity index (χ0) is 16.3. The van der Waals surface area contributed by atoms with Crippen molar-refractivity contribution in [3.63, 3.8) is 0 Å². The van der Waals surface area contributed by atoms with Crippen LogP contribution in [0, 0.1) is 24.2 Å². The number of hydrogen-bond acceptors (Lipinski definition) is 4. The average molecular weight is 346 g/mol. The number of hydrogen-bond donors (Lipinski definition) is 1. The largest absolute Gasteiger partial charge is 0.328 e. The minimum Gasteiger partial charge on any atom is -0.328 e. The average Bonchev–Trinajstić information content (AvgIpc) is 3.46. The normalized spacial score (nSPS) is 33.5. The fourth-order valence-electron chi connectivity index (χ4n) is 4.16. The Hall–Kier alpha value is -1.20. The highest BCUT2D eigenvalue weighted by atomic mass is 35.5. The molecule has 6 heteroatoms. The first-order valence-electron chi connectivity index (χ1n) is 9.08. The molecule has 4 aliphatic rings. The van der Waals surface area contributed by atoms with E-state index in [9.17, 15) is 4.79 Å². The van der Waals surface area contributed by atoms with Gasteiger partial charge in [-0.25, -0.2) is 9.97 Å². The molecular weight excluding hydrogens is 324 g/mol. The molecule has 4 unspecified atom stereocenters. The smallest absolute Gasteiger partial charge is 0.226 e. The number of rotatable bonds is 4. The Balaban J connectivity index is 1.55. The van der Waals surface area contributed by atoms with E-state index in [-0.39, 0.29) is 18.0 Å². The van der Waals surface area contributed by atoms with Crippen molar-refractivity contribution >= 4 is 17.5 Å². The molecule has 0 bridgehead atoms. The minimum absolute atomic E-state index is 0.0262. The monoisotopic (exact) mass is 345 g/mol. The zero-order valence-electron chi connectivity index (χ0n) is 13.6. The second kappa shape index (κ2) is 5.67. The van der Waals surface area contributed by atoms with Gasteiger partial charge in [0.2, 0.25) is 5.91 Å². The molecule has 1 aliphatic heterocycles. The van der Waals surface area contributed by atoms with Gasteiger partial charge in [-0.3, -0.25) is 4.79 Å². The summed E-state index contributed by atoms with van der Waals surface area (Å²) < 4.78 is 0. The van der Waals surface area contributed by atoms with Crippen LogP contribution in [0.4, 0.5) is 0 Å². The van der Waals surface area contributed by atoms with Crippen LogP contribution in [0.5, 0.6) is 0 Å². The maximum atomic E-state index is 13.2. The van der Waals surface area contributed by atoms with Crippen LogP contribution in [0.1, 0.15) is 43.8 Å². The minimum atomic E-state index is -0.0262. The summed E-state index contributed by atoms with van der Waals surface area (Å²) in [7, 11) is 0. The van der Waals surface area contributed by atoms with Crippen molar-refractivity contribution in [2.45, 2.75) is 50.2 Å². The van der Waals surface area contributed by atoms with Crippen molar-refractivity contribution in [3.8, 4) is 0 Å². The Labute approximate surface area is 147 Å². The van der Waals surface area contributed by atoms with Crippen molar-refractivity contribution in [2.24, 2.45) is 17.8 Å². The lowest BCUT2D eigenvalue weighted by Gasteiger charge is -2.47. The highest BCUT2D eigenvalue weighted by Crippen LogP contribution is 2.48. The molecule has 24 heavy (non-hydrogen) atoms. The number of carbonyl (C=O) groups excluding carboxylic acids is 1. The second-order valence-corrected chi connectivity index (χ2v) is 8.09. The first-order valence-corrected chi connectivity index (χ1v) is 9.46. The summed E-state index contributed by atoms with van der Waals surface area (Å²) in [5.41, 5.74) is 0.882. The molecule has 1 saturated heterocycles. The van der Waals surface area contributed by atoms with Crippen LogP contribution in [0.25, 0.3) is 0 Å². The topological polar surface area (TPSA) is 58.1 Å². The van der Waals surface area contributed by atoms with E-state index in [1.54, 1.807) is 0 Å². The Kier molecular flexibility index (Phi) is 3.56. The maximum Gasteiger partial charge on any atom is 0.226 e. The first-order chi connectivity index (χ1) is 11.7. The summed E-state index contributed by atoms with van der Waals surface area (Å²) in [5.74, 6) is 1.73. The SMILES string of the molecule is O=C(C1CC1)N1C(C2CC2)CNC(C2[CH]C2)C1c1cc(Cl)ncn1. The van der Waals surface area contributed by atoms with Gasteiger partial charge >= 0.3 is 0 Å². The molecule has 1 N–H and O–H groups in total. The second-order valence-electron chi connectivity index (χ2n) is 7.70. The molecule has 5 rings (SSSR count). The number of piperazine rings is 1. The van der Waals surface area contributed by atoms with E-state index >= 15 is 0 Å². The fourth-order valence-corrected chi connectivity index (χ4v) is 4.31. The van der Waals surface area contributed by atoms with Gasteiger partial charge in [-0.05, 0) is 56.4 Å². The van der Waals surface area contributed by atoms with Crippen molar-refractivity contribution in [3.05, 3.63) is 29.7 Å². The number of halogens is 1. The Morgan fingerprint density at radius 1 is 1.25 bits per heavy atom. The predicted octanol–water partition coefficient (Wildman–Crippen LogP) is 2.38. The highest BCUT2D eigenvalue weighted by Gasteiger charge is 2.52. The first kappa shape index (κ1) is 15.1. The quantitative estimate of drug-likeness (QED) is 0.851. The maximum absolute atomic E-state index is 13.2. The van der Waals surface area contributed by atoms with Crippen LogP contribution < -0.4 is 5.32 Å². The zero-order valence-corrected chi connectivity index (χ0v) is 14.3. The number of amides is 1. The molecule has 127 valence electrons. The number of nitrogens with one attached hydrogen (secondary N) is 1. The van der Waals surface area contributed by atoms with Crippen LogP contribution in [-0.4, -0.2) is 39.4 Å². The molecule has 1 aromatic rings. The third kappa shape index (κ3) is 2.72. The fraction of sp³-hybridized carbons (Fsp3) is 0.667.